The maximum atomic E-state index is 6.46. The van der Waals surface area contributed by atoms with Gasteiger partial charge in [0.2, 0.25) is 0 Å². The lowest BCUT2D eigenvalue weighted by atomic mass is 9.86. The van der Waals surface area contributed by atoms with Crippen LogP contribution in [0.3, 0.4) is 0 Å². The number of rotatable bonds is 7. The lowest BCUT2D eigenvalue weighted by Gasteiger charge is -2.38. The summed E-state index contributed by atoms with van der Waals surface area (Å²) in [7, 11) is 3.83. The van der Waals surface area contributed by atoms with E-state index < -0.39 is 0 Å². The molecule has 0 aliphatic heterocycles. The minimum atomic E-state index is 0.189. The van der Waals surface area contributed by atoms with Crippen LogP contribution in [-0.4, -0.2) is 33.4 Å². The molecule has 1 rings (SSSR count). The van der Waals surface area contributed by atoms with E-state index in [-0.39, 0.29) is 5.41 Å². The highest BCUT2D eigenvalue weighted by atomic mass is 35.5. The molecule has 3 nitrogen and oxygen atoms in total. The van der Waals surface area contributed by atoms with Gasteiger partial charge in [0.1, 0.15) is 0 Å². The van der Waals surface area contributed by atoms with Gasteiger partial charge < -0.3 is 15.0 Å². The molecule has 1 atom stereocenters. The highest BCUT2D eigenvalue weighted by Gasteiger charge is 2.26. The van der Waals surface area contributed by atoms with Crippen molar-refractivity contribution in [2.24, 2.45) is 5.41 Å². The average molecular weight is 313 g/mol. The molecule has 1 aromatic rings. The Balaban J connectivity index is 2.94. The number of anilines is 1. The highest BCUT2D eigenvalue weighted by molar-refractivity contribution is 6.33. The molecule has 0 amide bonds. The van der Waals surface area contributed by atoms with Crippen LogP contribution >= 0.6 is 11.6 Å². The van der Waals surface area contributed by atoms with E-state index in [0.29, 0.717) is 12.6 Å². The van der Waals surface area contributed by atoms with Gasteiger partial charge in [-0.1, -0.05) is 44.5 Å². The van der Waals surface area contributed by atoms with E-state index in [1.54, 1.807) is 7.11 Å². The van der Waals surface area contributed by atoms with E-state index in [1.165, 1.54) is 5.56 Å². The number of nitrogens with zero attached hydrogens (tertiary/aromatic N) is 1. The molecule has 0 fully saturated rings. The highest BCUT2D eigenvalue weighted by Crippen LogP contribution is 2.34. The van der Waals surface area contributed by atoms with Crippen molar-refractivity contribution < 1.29 is 4.74 Å². The Hall–Kier alpha value is -0.770. The van der Waals surface area contributed by atoms with Crippen molar-refractivity contribution in [1.29, 1.82) is 0 Å². The van der Waals surface area contributed by atoms with Crippen molar-refractivity contribution in [3.05, 3.63) is 28.8 Å². The van der Waals surface area contributed by atoms with E-state index >= 15 is 0 Å². The van der Waals surface area contributed by atoms with Gasteiger partial charge in [-0.15, -0.1) is 0 Å². The van der Waals surface area contributed by atoms with Gasteiger partial charge >= 0.3 is 0 Å². The Bertz CT molecular complexity index is 443. The molecule has 0 spiro atoms. The van der Waals surface area contributed by atoms with E-state index in [4.69, 9.17) is 16.3 Å². The van der Waals surface area contributed by atoms with Crippen molar-refractivity contribution in [2.45, 2.75) is 40.3 Å². The molecule has 0 aromatic heterocycles. The Morgan fingerprint density at radius 3 is 2.57 bits per heavy atom. The number of para-hydroxylation sites is 1. The van der Waals surface area contributed by atoms with Crippen molar-refractivity contribution in [1.82, 2.24) is 5.32 Å². The molecule has 1 aromatic carbocycles. The monoisotopic (exact) mass is 312 g/mol. The summed E-state index contributed by atoms with van der Waals surface area (Å²) in [4.78, 5) is 2.29. The van der Waals surface area contributed by atoms with Crippen LogP contribution < -0.4 is 10.2 Å². The molecule has 0 heterocycles. The zero-order valence-electron chi connectivity index (χ0n) is 14.2. The second kappa shape index (κ2) is 8.02. The van der Waals surface area contributed by atoms with Crippen molar-refractivity contribution >= 4 is 17.3 Å². The summed E-state index contributed by atoms with van der Waals surface area (Å²) < 4.78 is 5.07. The number of hydrogen-bond acceptors (Lipinski definition) is 3. The van der Waals surface area contributed by atoms with Gasteiger partial charge in [-0.25, -0.2) is 0 Å². The summed E-state index contributed by atoms with van der Waals surface area (Å²) in [6.07, 6.45) is 0. The Kier molecular flexibility index (Phi) is 6.98. The summed E-state index contributed by atoms with van der Waals surface area (Å²) in [6, 6.07) is 6.48. The maximum Gasteiger partial charge on any atom is 0.0642 e. The molecular weight excluding hydrogens is 284 g/mol. The van der Waals surface area contributed by atoms with Crippen molar-refractivity contribution in [2.75, 3.05) is 32.2 Å². The lowest BCUT2D eigenvalue weighted by Crippen LogP contribution is -2.40. The number of halogens is 1. The first-order valence-electron chi connectivity index (χ1n) is 7.49. The fourth-order valence-electron chi connectivity index (χ4n) is 2.27. The SMILES string of the molecule is COCCNCc1cccc(Cl)c1N(C)C(C)C(C)(C)C. The van der Waals surface area contributed by atoms with Crippen LogP contribution in [0.15, 0.2) is 18.2 Å². The van der Waals surface area contributed by atoms with E-state index in [2.05, 4.69) is 51.0 Å². The molecule has 0 aliphatic rings. The van der Waals surface area contributed by atoms with Crippen LogP contribution in [0, 0.1) is 5.41 Å². The number of benzene rings is 1. The van der Waals surface area contributed by atoms with Gasteiger partial charge in [0, 0.05) is 33.3 Å². The van der Waals surface area contributed by atoms with Crippen LogP contribution in [-0.2, 0) is 11.3 Å². The molecule has 0 bridgehead atoms. The van der Waals surface area contributed by atoms with Crippen LogP contribution in [0.25, 0.3) is 0 Å². The zero-order chi connectivity index (χ0) is 16.0. The quantitative estimate of drug-likeness (QED) is 0.772. The fraction of sp³-hybridized carbons (Fsp3) is 0.647. The molecule has 0 radical (unpaired) electrons. The molecule has 4 heteroatoms. The van der Waals surface area contributed by atoms with Gasteiger partial charge in [0.25, 0.3) is 0 Å². The first-order chi connectivity index (χ1) is 9.79. The minimum Gasteiger partial charge on any atom is -0.383 e. The second-order valence-corrected chi connectivity index (χ2v) is 6.98. The first kappa shape index (κ1) is 18.3. The summed E-state index contributed by atoms with van der Waals surface area (Å²) >= 11 is 6.46. The van der Waals surface area contributed by atoms with Crippen LogP contribution in [0.5, 0.6) is 0 Å². The lowest BCUT2D eigenvalue weighted by molar-refractivity contribution is 0.199. The average Bonchev–Trinajstić information content (AvgIpc) is 2.41. The van der Waals surface area contributed by atoms with Gasteiger partial charge in [-0.3, -0.25) is 0 Å². The third-order valence-electron chi connectivity index (χ3n) is 4.06. The molecule has 0 aliphatic carbocycles. The Morgan fingerprint density at radius 1 is 1.33 bits per heavy atom. The summed E-state index contributed by atoms with van der Waals surface area (Å²) in [6.45, 7) is 11.3. The second-order valence-electron chi connectivity index (χ2n) is 6.57. The number of ether oxygens (including phenoxy) is 1. The van der Waals surface area contributed by atoms with Gasteiger partial charge in [-0.05, 0) is 24.0 Å². The molecule has 1 unspecified atom stereocenters. The maximum absolute atomic E-state index is 6.46. The summed E-state index contributed by atoms with van der Waals surface area (Å²) in [5, 5.41) is 4.20. The summed E-state index contributed by atoms with van der Waals surface area (Å²) in [5.74, 6) is 0. The Morgan fingerprint density at radius 2 is 2.00 bits per heavy atom. The van der Waals surface area contributed by atoms with Crippen LogP contribution in [0.4, 0.5) is 5.69 Å². The van der Waals surface area contributed by atoms with E-state index in [0.717, 1.165) is 23.8 Å². The fourth-order valence-corrected chi connectivity index (χ4v) is 2.60. The smallest absolute Gasteiger partial charge is 0.0642 e. The van der Waals surface area contributed by atoms with Gasteiger partial charge in [0.15, 0.2) is 0 Å². The molecule has 1 N–H and O–H groups in total. The summed E-state index contributed by atoms with van der Waals surface area (Å²) in [5.41, 5.74) is 2.53. The van der Waals surface area contributed by atoms with Crippen molar-refractivity contribution in [3.8, 4) is 0 Å². The standard InChI is InChI=1S/C17H29ClN2O/c1-13(17(2,3)4)20(5)16-14(8-7-9-15(16)18)12-19-10-11-21-6/h7-9,13,19H,10-12H2,1-6H3. The van der Waals surface area contributed by atoms with Crippen LogP contribution in [0.2, 0.25) is 5.02 Å². The third kappa shape index (κ3) is 5.17. The van der Waals surface area contributed by atoms with Crippen LogP contribution in [0.1, 0.15) is 33.3 Å². The topological polar surface area (TPSA) is 24.5 Å². The first-order valence-corrected chi connectivity index (χ1v) is 7.86. The number of nitrogens with one attached hydrogen (secondary N) is 1. The van der Waals surface area contributed by atoms with E-state index in [1.807, 2.05) is 12.1 Å². The molecule has 0 saturated carbocycles. The predicted octanol–water partition coefficient (Wildman–Crippen LogP) is 3.95. The number of hydrogen-bond donors (Lipinski definition) is 1. The van der Waals surface area contributed by atoms with Gasteiger partial charge in [-0.2, -0.15) is 0 Å². The molecule has 0 saturated heterocycles. The molecule has 120 valence electrons. The largest absolute Gasteiger partial charge is 0.383 e. The number of methoxy groups -OCH3 is 1. The van der Waals surface area contributed by atoms with Gasteiger partial charge in [0.05, 0.1) is 17.3 Å². The molecule has 21 heavy (non-hydrogen) atoms. The zero-order valence-corrected chi connectivity index (χ0v) is 14.9. The molecular formula is C17H29ClN2O. The predicted molar refractivity (Wildman–Crippen MR) is 92.4 cm³/mol. The van der Waals surface area contributed by atoms with E-state index in [9.17, 15) is 0 Å². The third-order valence-corrected chi connectivity index (χ3v) is 4.36. The van der Waals surface area contributed by atoms with Crippen molar-refractivity contribution in [3.63, 3.8) is 0 Å². The normalized spacial score (nSPS) is 13.3. The minimum absolute atomic E-state index is 0.189. The Labute approximate surface area is 134 Å².